The smallest absolute Gasteiger partial charge is 0.251 e. The highest BCUT2D eigenvalue weighted by molar-refractivity contribution is 6.09. The Balaban J connectivity index is 1.00. The van der Waals surface area contributed by atoms with Gasteiger partial charge >= 0.3 is 0 Å². The Morgan fingerprint density at radius 3 is 2.60 bits per heavy atom. The number of nitrogens with zero attached hydrogens (tertiary/aromatic N) is 5. The zero-order valence-corrected chi connectivity index (χ0v) is 29.9. The molecule has 3 aliphatic heterocycles. The lowest BCUT2D eigenvalue weighted by molar-refractivity contribution is -0.121. The van der Waals surface area contributed by atoms with Crippen molar-refractivity contribution >= 4 is 64.1 Å². The first-order chi connectivity index (χ1) is 25.6. The Labute approximate surface area is 306 Å². The molecule has 3 aromatic rings. The second-order valence-corrected chi connectivity index (χ2v) is 13.7. The molecule has 1 aromatic heterocycles. The molecule has 16 heteroatoms. The van der Waals surface area contributed by atoms with Gasteiger partial charge in [0, 0.05) is 48.4 Å². The number of piperidine rings is 1. The summed E-state index contributed by atoms with van der Waals surface area (Å²) in [5, 5.41) is 28.2. The molecule has 6 N–H and O–H groups in total. The minimum atomic E-state index is -0.482. The number of fused-ring (bicyclic) bond motifs is 2. The van der Waals surface area contributed by atoms with Gasteiger partial charge in [-0.15, -0.1) is 0 Å². The van der Waals surface area contributed by atoms with E-state index in [1.165, 1.54) is 7.11 Å². The Hall–Kier alpha value is -6.06. The fourth-order valence-corrected chi connectivity index (χ4v) is 7.74. The van der Waals surface area contributed by atoms with Crippen LogP contribution >= 0.6 is 0 Å². The third kappa shape index (κ3) is 6.71. The Morgan fingerprint density at radius 2 is 1.87 bits per heavy atom. The standard InChI is InChI=1S/C37H43N11O5/c1-4-26-36(52)46(2)28-17-41-37(45-34(28)48(26)21-8-5-6-9-21)43-25-13-12-20(16-29(25)53-3)35(51)40-18-31(50)42-24-11-7-10-22-23(24)19-47(33(22)39)27-14-15-30(49)44-32(27)38/h7,10-13,16-17,21,26-27,39H,4-6,8-9,14-15,18-19H2,1-3H3,(H,40,51)(H,42,50)(H2,38,44,49)(H,41,43,45)/t26-,27?/m1/s1. The number of hydrogen-bond donors (Lipinski definition) is 6. The van der Waals surface area contributed by atoms with E-state index in [1.54, 1.807) is 59.4 Å². The van der Waals surface area contributed by atoms with Crippen molar-refractivity contribution < 1.29 is 23.9 Å². The average Bonchev–Trinajstić information content (AvgIpc) is 3.81. The number of nitrogens with one attached hydrogen (secondary N) is 6. The van der Waals surface area contributed by atoms with Gasteiger partial charge in [-0.05, 0) is 49.9 Å². The van der Waals surface area contributed by atoms with E-state index in [9.17, 15) is 19.2 Å². The lowest BCUT2D eigenvalue weighted by Crippen LogP contribution is -2.55. The van der Waals surface area contributed by atoms with Crippen molar-refractivity contribution in [2.45, 2.75) is 76.5 Å². The minimum absolute atomic E-state index is 0.0386. The summed E-state index contributed by atoms with van der Waals surface area (Å²) in [7, 11) is 3.25. The van der Waals surface area contributed by atoms with Gasteiger partial charge in [-0.3, -0.25) is 30.0 Å². The third-order valence-corrected chi connectivity index (χ3v) is 10.5. The predicted molar refractivity (Wildman–Crippen MR) is 199 cm³/mol. The summed E-state index contributed by atoms with van der Waals surface area (Å²) >= 11 is 0. The topological polar surface area (TPSA) is 209 Å². The summed E-state index contributed by atoms with van der Waals surface area (Å²) in [6.45, 7) is 2.01. The first-order valence-electron chi connectivity index (χ1n) is 17.9. The van der Waals surface area contributed by atoms with E-state index in [0.717, 1.165) is 31.2 Å². The largest absolute Gasteiger partial charge is 0.495 e. The van der Waals surface area contributed by atoms with Crippen LogP contribution in [0, 0.1) is 10.8 Å². The van der Waals surface area contributed by atoms with E-state index < -0.39 is 17.9 Å². The lowest BCUT2D eigenvalue weighted by atomic mass is 10.0. The number of carbonyl (C=O) groups is 4. The van der Waals surface area contributed by atoms with Crippen molar-refractivity contribution in [1.82, 2.24) is 25.5 Å². The van der Waals surface area contributed by atoms with Gasteiger partial charge in [0.25, 0.3) is 5.91 Å². The number of carbonyl (C=O) groups excluding carboxylic acids is 4. The summed E-state index contributed by atoms with van der Waals surface area (Å²) in [4.78, 5) is 66.1. The number of likely N-dealkylation sites (N-methyl/N-ethyl adjacent to an activating group) is 1. The van der Waals surface area contributed by atoms with Crippen LogP contribution in [0.5, 0.6) is 5.75 Å². The molecule has 276 valence electrons. The van der Waals surface area contributed by atoms with Gasteiger partial charge in [-0.25, -0.2) is 4.98 Å². The molecule has 2 aromatic carbocycles. The van der Waals surface area contributed by atoms with Gasteiger partial charge in [-0.1, -0.05) is 31.9 Å². The molecule has 2 fully saturated rings. The molecular formula is C37H43N11O5. The number of benzene rings is 2. The van der Waals surface area contributed by atoms with Crippen LogP contribution in [0.4, 0.5) is 28.8 Å². The monoisotopic (exact) mass is 721 g/mol. The average molecular weight is 722 g/mol. The second kappa shape index (κ2) is 14.5. The molecule has 1 unspecified atom stereocenters. The van der Waals surface area contributed by atoms with Crippen LogP contribution in [-0.2, 0) is 20.9 Å². The van der Waals surface area contributed by atoms with Crippen molar-refractivity contribution in [2.75, 3.05) is 41.1 Å². The summed E-state index contributed by atoms with van der Waals surface area (Å²) in [6.07, 6.45) is 7.27. The van der Waals surface area contributed by atoms with E-state index in [-0.39, 0.29) is 54.1 Å². The van der Waals surface area contributed by atoms with Gasteiger partial charge in [0.05, 0.1) is 31.6 Å². The molecule has 7 rings (SSSR count). The van der Waals surface area contributed by atoms with Crippen LogP contribution in [0.2, 0.25) is 0 Å². The number of amidine groups is 2. The van der Waals surface area contributed by atoms with E-state index in [4.69, 9.17) is 20.5 Å². The van der Waals surface area contributed by atoms with Gasteiger partial charge in [-0.2, -0.15) is 4.98 Å². The molecular weight excluding hydrogens is 678 g/mol. The van der Waals surface area contributed by atoms with E-state index in [0.29, 0.717) is 59.5 Å². The molecule has 16 nitrogen and oxygen atoms in total. The maximum absolute atomic E-state index is 13.2. The molecule has 2 atom stereocenters. The van der Waals surface area contributed by atoms with Gasteiger partial charge in [0.1, 0.15) is 29.1 Å². The van der Waals surface area contributed by atoms with Crippen LogP contribution in [0.3, 0.4) is 0 Å². The number of amides is 4. The molecule has 4 amide bonds. The SMILES string of the molecule is CC[C@@H]1C(=O)N(C)c2cnc(Nc3ccc(C(=O)NCC(=O)Nc4cccc5c4CN(C4CCC(=O)NC4=N)C5=N)cc3OC)nc2N1C1CCCC1. The molecule has 4 heterocycles. The maximum Gasteiger partial charge on any atom is 0.251 e. The molecule has 1 saturated carbocycles. The number of hydrogen-bond acceptors (Lipinski definition) is 11. The summed E-state index contributed by atoms with van der Waals surface area (Å²) in [6, 6.07) is 9.62. The second-order valence-electron chi connectivity index (χ2n) is 13.7. The molecule has 0 bridgehead atoms. The molecule has 4 aliphatic rings. The predicted octanol–water partition coefficient (Wildman–Crippen LogP) is 3.50. The highest BCUT2D eigenvalue weighted by atomic mass is 16.5. The Morgan fingerprint density at radius 1 is 1.08 bits per heavy atom. The first kappa shape index (κ1) is 35.3. The number of rotatable bonds is 10. The van der Waals surface area contributed by atoms with Gasteiger partial charge in [0.2, 0.25) is 23.7 Å². The third-order valence-electron chi connectivity index (χ3n) is 10.5. The van der Waals surface area contributed by atoms with Gasteiger partial charge < -0.3 is 40.7 Å². The van der Waals surface area contributed by atoms with Crippen LogP contribution in [0.15, 0.2) is 42.6 Å². The molecule has 1 saturated heterocycles. The first-order valence-corrected chi connectivity index (χ1v) is 17.9. The van der Waals surface area contributed by atoms with E-state index in [1.807, 2.05) is 6.92 Å². The maximum atomic E-state index is 13.2. The minimum Gasteiger partial charge on any atom is -0.495 e. The number of methoxy groups -OCH3 is 1. The fraction of sp³-hybridized carbons (Fsp3) is 0.405. The van der Waals surface area contributed by atoms with Crippen LogP contribution in [0.25, 0.3) is 0 Å². The van der Waals surface area contributed by atoms with E-state index in [2.05, 4.69) is 31.2 Å². The number of ether oxygens (including phenoxy) is 1. The molecule has 1 aliphatic carbocycles. The normalized spacial score (nSPS) is 19.9. The lowest BCUT2D eigenvalue weighted by Gasteiger charge is -2.43. The van der Waals surface area contributed by atoms with Crippen LogP contribution in [-0.4, -0.2) is 89.0 Å². The van der Waals surface area contributed by atoms with Crippen molar-refractivity contribution in [1.29, 1.82) is 10.8 Å². The zero-order valence-electron chi connectivity index (χ0n) is 29.9. The van der Waals surface area contributed by atoms with Crippen molar-refractivity contribution in [3.63, 3.8) is 0 Å². The number of aromatic nitrogens is 2. The Bertz CT molecular complexity index is 2010. The zero-order chi connectivity index (χ0) is 37.4. The highest BCUT2D eigenvalue weighted by Gasteiger charge is 2.41. The summed E-state index contributed by atoms with van der Waals surface area (Å²) in [5.74, 6) is 0.586. The van der Waals surface area contributed by atoms with Crippen molar-refractivity contribution in [2.24, 2.45) is 0 Å². The van der Waals surface area contributed by atoms with E-state index >= 15 is 0 Å². The van der Waals surface area contributed by atoms with Crippen LogP contribution in [0.1, 0.15) is 73.4 Å². The summed E-state index contributed by atoms with van der Waals surface area (Å²) < 4.78 is 5.61. The molecule has 53 heavy (non-hydrogen) atoms. The molecule has 0 radical (unpaired) electrons. The fourth-order valence-electron chi connectivity index (χ4n) is 7.74. The van der Waals surface area contributed by atoms with Crippen molar-refractivity contribution in [3.05, 3.63) is 59.3 Å². The molecule has 0 spiro atoms. The van der Waals surface area contributed by atoms with Gasteiger partial charge in [0.15, 0.2) is 5.82 Å². The summed E-state index contributed by atoms with van der Waals surface area (Å²) in [5.41, 5.74) is 3.35. The highest BCUT2D eigenvalue weighted by Crippen LogP contribution is 2.40. The number of anilines is 5. The van der Waals surface area contributed by atoms with Crippen molar-refractivity contribution in [3.8, 4) is 5.75 Å². The van der Waals surface area contributed by atoms with Crippen LogP contribution < -0.4 is 35.8 Å². The quantitative estimate of drug-likeness (QED) is 0.180. The Kier molecular flexibility index (Phi) is 9.68.